The summed E-state index contributed by atoms with van der Waals surface area (Å²) in [6.45, 7) is 4.99. The van der Waals surface area contributed by atoms with Gasteiger partial charge in [-0.15, -0.1) is 16.9 Å². The van der Waals surface area contributed by atoms with Crippen molar-refractivity contribution >= 4 is 81.9 Å². The van der Waals surface area contributed by atoms with E-state index in [1.54, 1.807) is 44.6 Å². The Bertz CT molecular complexity index is 1380. The number of aliphatic carboxylic acids is 1. The van der Waals surface area contributed by atoms with Crippen molar-refractivity contribution in [2.24, 2.45) is 7.05 Å². The minimum absolute atomic E-state index is 0.0242. The fraction of sp³-hybridized carbons (Fsp3) is 0.522. The molecule has 1 saturated heterocycles. The van der Waals surface area contributed by atoms with Crippen LogP contribution in [0, 0.1) is 0 Å². The summed E-state index contributed by atoms with van der Waals surface area (Å²) in [6.07, 6.45) is 3.11. The van der Waals surface area contributed by atoms with Crippen molar-refractivity contribution in [3.05, 3.63) is 35.3 Å². The van der Waals surface area contributed by atoms with Crippen molar-refractivity contribution in [3.8, 4) is 0 Å². The number of carboxylic acid groups (broad SMARTS) is 1. The molecule has 1 fully saturated rings. The normalized spacial score (nSPS) is 19.1. The molecule has 41 heavy (non-hydrogen) atoms. The van der Waals surface area contributed by atoms with Crippen LogP contribution in [0.3, 0.4) is 0 Å². The maximum atomic E-state index is 13.3. The molecular weight excluding hydrogens is 641 g/mol. The molecule has 4 heterocycles. The summed E-state index contributed by atoms with van der Waals surface area (Å²) in [5.74, 6) is -1.94. The number of hydrogen-bond donors (Lipinski definition) is 1. The molecule has 0 spiro atoms. The number of tetrazole rings is 1. The molecule has 4 rings (SSSR count). The molecule has 2 aromatic rings. The highest BCUT2D eigenvalue weighted by atomic mass is 35.6. The highest BCUT2D eigenvalue weighted by molar-refractivity contribution is 8.01. The van der Waals surface area contributed by atoms with E-state index in [1.807, 2.05) is 0 Å². The highest BCUT2D eigenvalue weighted by Crippen LogP contribution is 2.42. The fourth-order valence-electron chi connectivity index (χ4n) is 3.95. The average molecular weight is 667 g/mol. The molecule has 2 aliphatic heterocycles. The van der Waals surface area contributed by atoms with Gasteiger partial charge in [-0.05, 0) is 36.8 Å². The molecule has 2 atom stereocenters. The number of pyridine rings is 1. The zero-order valence-corrected chi connectivity index (χ0v) is 26.2. The molecule has 18 heteroatoms. The zero-order chi connectivity index (χ0) is 30.1. The van der Waals surface area contributed by atoms with E-state index in [2.05, 4.69) is 20.8 Å². The van der Waals surface area contributed by atoms with Crippen LogP contribution in [-0.2, 0) is 32.8 Å². The van der Waals surface area contributed by atoms with E-state index < -0.39 is 38.7 Å². The molecule has 0 saturated carbocycles. The predicted molar refractivity (Wildman–Crippen MR) is 150 cm³/mol. The van der Waals surface area contributed by atoms with Gasteiger partial charge >= 0.3 is 5.97 Å². The van der Waals surface area contributed by atoms with Gasteiger partial charge in [0.2, 0.25) is 8.95 Å². The number of amides is 1. The molecular formula is C23H26Cl3N7O6S2. The zero-order valence-electron chi connectivity index (χ0n) is 22.3. The topological polar surface area (TPSA) is 155 Å². The molecule has 0 aliphatic carbocycles. The number of carbonyl (C=O) groups excluding carboxylic acids is 3. The molecule has 2 aliphatic rings. The summed E-state index contributed by atoms with van der Waals surface area (Å²) in [6, 6.07) is 0.789. The van der Waals surface area contributed by atoms with Crippen LogP contribution in [0.4, 0.5) is 5.69 Å². The van der Waals surface area contributed by atoms with E-state index in [0.29, 0.717) is 22.2 Å². The number of β-lactam (4-membered cyclic amide) rings is 1. The number of halogens is 3. The maximum absolute atomic E-state index is 13.3. The third-order valence-electron chi connectivity index (χ3n) is 5.65. The minimum Gasteiger partial charge on any atom is -0.543 e. The number of alkyl halides is 3. The SMILES string of the molecule is Cn1nnnc1SCC1=C(C(=O)[O-])N2C(=O)[C@@H](Nc3cc[n+](COCC(Cl)(Cl)Cl)cc3C(=O)OC(C)(C)C)[C@H]2SC1. The van der Waals surface area contributed by atoms with Crippen LogP contribution in [0.25, 0.3) is 0 Å². The number of ether oxygens (including phenoxy) is 2. The number of esters is 1. The number of nitrogens with zero attached hydrogens (tertiary/aromatic N) is 6. The van der Waals surface area contributed by atoms with Crippen LogP contribution < -0.4 is 15.0 Å². The standard InChI is InChI=1S/C23H26Cl3N7O6S2/c1-22(2,3)39-20(37)13-7-32(11-38-10-23(24,25)26)6-5-14(13)27-15-17(34)33-16(19(35)36)12(8-40-18(15)33)9-41-21-28-29-30-31(21)4/h5-7,15,18H,8-11H2,1-4H3,(H,35,36)/t15-,18-/m1/s1. The first-order valence-electron chi connectivity index (χ1n) is 12.1. The van der Waals surface area contributed by atoms with Gasteiger partial charge in [-0.3, -0.25) is 9.69 Å². The number of aromatic nitrogens is 5. The van der Waals surface area contributed by atoms with Gasteiger partial charge in [0.15, 0.2) is 12.4 Å². The minimum atomic E-state index is -1.60. The van der Waals surface area contributed by atoms with E-state index in [-0.39, 0.29) is 30.4 Å². The smallest absolute Gasteiger partial charge is 0.346 e. The van der Waals surface area contributed by atoms with E-state index >= 15 is 0 Å². The molecule has 2 aromatic heterocycles. The molecule has 0 radical (unpaired) electrons. The average Bonchev–Trinajstić information content (AvgIpc) is 3.28. The van der Waals surface area contributed by atoms with Gasteiger partial charge in [-0.1, -0.05) is 46.6 Å². The molecule has 13 nitrogen and oxygen atoms in total. The number of fused-ring (bicyclic) bond motifs is 1. The van der Waals surface area contributed by atoms with Crippen molar-refractivity contribution < 1.29 is 33.5 Å². The lowest BCUT2D eigenvalue weighted by molar-refractivity contribution is -0.732. The Labute approximate surface area is 258 Å². The number of carbonyl (C=O) groups is 3. The van der Waals surface area contributed by atoms with E-state index in [4.69, 9.17) is 44.3 Å². The second-order valence-corrected chi connectivity index (χ2v) is 14.6. The molecule has 0 aromatic carbocycles. The monoisotopic (exact) mass is 665 g/mol. The first-order chi connectivity index (χ1) is 19.1. The quantitative estimate of drug-likeness (QED) is 0.128. The number of anilines is 1. The number of nitrogens with one attached hydrogen (secondary N) is 1. The molecule has 0 bridgehead atoms. The Kier molecular flexibility index (Phi) is 9.65. The highest BCUT2D eigenvalue weighted by Gasteiger charge is 2.52. The number of carboxylic acids is 1. The Morgan fingerprint density at radius 2 is 2.05 bits per heavy atom. The first-order valence-corrected chi connectivity index (χ1v) is 15.2. The predicted octanol–water partition coefficient (Wildman–Crippen LogP) is 1.29. The summed E-state index contributed by atoms with van der Waals surface area (Å²) in [4.78, 5) is 39.7. The third-order valence-corrected chi connectivity index (χ3v) is 8.41. The van der Waals surface area contributed by atoms with Gasteiger partial charge in [0.05, 0.1) is 17.4 Å². The number of thioether (sulfide) groups is 2. The molecule has 1 N–H and O–H groups in total. The molecule has 0 unspecified atom stereocenters. The van der Waals surface area contributed by atoms with Gasteiger partial charge < -0.3 is 24.7 Å². The largest absolute Gasteiger partial charge is 0.543 e. The lowest BCUT2D eigenvalue weighted by Crippen LogP contribution is -2.68. The molecule has 222 valence electrons. The second-order valence-electron chi connectivity index (χ2n) is 10.0. The van der Waals surface area contributed by atoms with Gasteiger partial charge in [-0.25, -0.2) is 9.48 Å². The van der Waals surface area contributed by atoms with E-state index in [1.165, 1.54) is 39.3 Å². The van der Waals surface area contributed by atoms with Crippen LogP contribution in [0.2, 0.25) is 0 Å². The third kappa shape index (κ3) is 7.76. The number of aryl methyl sites for hydroxylation is 1. The lowest BCUT2D eigenvalue weighted by atomic mass is 10.0. The Hall–Kier alpha value is -2.30. The Balaban J connectivity index is 1.53. The van der Waals surface area contributed by atoms with Gasteiger partial charge in [0.25, 0.3) is 12.6 Å². The summed E-state index contributed by atoms with van der Waals surface area (Å²) < 4.78 is 12.4. The van der Waals surface area contributed by atoms with Crippen LogP contribution in [0.1, 0.15) is 31.1 Å². The van der Waals surface area contributed by atoms with E-state index in [9.17, 15) is 19.5 Å². The summed E-state index contributed by atoms with van der Waals surface area (Å²) in [7, 11) is 1.67. The Morgan fingerprint density at radius 1 is 1.32 bits per heavy atom. The summed E-state index contributed by atoms with van der Waals surface area (Å²) in [5.41, 5.74) is 0.0370. The van der Waals surface area contributed by atoms with Crippen molar-refractivity contribution in [2.45, 2.75) is 53.5 Å². The van der Waals surface area contributed by atoms with Crippen molar-refractivity contribution in [2.75, 3.05) is 23.4 Å². The maximum Gasteiger partial charge on any atom is 0.346 e. The van der Waals surface area contributed by atoms with Gasteiger partial charge in [0.1, 0.15) is 29.2 Å². The fourth-order valence-corrected chi connectivity index (χ4v) is 6.52. The van der Waals surface area contributed by atoms with Gasteiger partial charge in [0, 0.05) is 24.6 Å². The van der Waals surface area contributed by atoms with Crippen LogP contribution in [-0.4, -0.2) is 81.9 Å². The lowest BCUT2D eigenvalue weighted by Gasteiger charge is -2.51. The number of rotatable bonds is 10. The van der Waals surface area contributed by atoms with Crippen LogP contribution >= 0.6 is 58.3 Å². The van der Waals surface area contributed by atoms with Crippen molar-refractivity contribution in [1.82, 2.24) is 25.1 Å². The van der Waals surface area contributed by atoms with Crippen LogP contribution in [0.15, 0.2) is 34.9 Å². The van der Waals surface area contributed by atoms with Crippen molar-refractivity contribution in [3.63, 3.8) is 0 Å². The van der Waals surface area contributed by atoms with Gasteiger partial charge in [-0.2, -0.15) is 4.57 Å². The first kappa shape index (κ1) is 31.6. The van der Waals surface area contributed by atoms with E-state index in [0.717, 1.165) is 0 Å². The summed E-state index contributed by atoms with van der Waals surface area (Å²) in [5, 5.41) is 26.4. The van der Waals surface area contributed by atoms with Crippen molar-refractivity contribution in [1.29, 1.82) is 0 Å². The Morgan fingerprint density at radius 3 is 2.66 bits per heavy atom. The number of hydrogen-bond acceptors (Lipinski definition) is 12. The summed E-state index contributed by atoms with van der Waals surface area (Å²) >= 11 is 19.9. The second kappa shape index (κ2) is 12.5. The molecule has 1 amide bonds. The van der Waals surface area contributed by atoms with Crippen LogP contribution in [0.5, 0.6) is 0 Å².